The second kappa shape index (κ2) is 6.40. The third kappa shape index (κ3) is 3.25. The molecular weight excluding hydrogens is 304 g/mol. The molecule has 0 fully saturated rings. The number of aryl methyl sites for hydroxylation is 3. The maximum Gasteiger partial charge on any atom is 0.266 e. The molecule has 1 aromatic carbocycles. The first kappa shape index (κ1) is 14.9. The normalized spacial score (nSPS) is 13.7. The summed E-state index contributed by atoms with van der Waals surface area (Å²) in [4.78, 5) is 11.8. The standard InChI is InChI=1S/C16H17ClN2O3/c1-11-3-4-15(20)19(18-11)6-5-12-9-13(17)16-14(10-12)21-7-2-8-22-16/h3-4,9-10H,2,5-8H2,1H3. The molecule has 2 heterocycles. The van der Waals surface area contributed by atoms with E-state index in [1.807, 2.05) is 19.1 Å². The first-order valence-corrected chi connectivity index (χ1v) is 7.64. The Bertz CT molecular complexity index is 743. The van der Waals surface area contributed by atoms with Gasteiger partial charge in [-0.1, -0.05) is 11.6 Å². The van der Waals surface area contributed by atoms with Crippen LogP contribution in [0.5, 0.6) is 11.5 Å². The lowest BCUT2D eigenvalue weighted by molar-refractivity contribution is 0.297. The molecule has 22 heavy (non-hydrogen) atoms. The van der Waals surface area contributed by atoms with Crippen LogP contribution >= 0.6 is 11.6 Å². The molecule has 0 saturated carbocycles. The van der Waals surface area contributed by atoms with Crippen LogP contribution in [0.4, 0.5) is 0 Å². The largest absolute Gasteiger partial charge is 0.489 e. The number of ether oxygens (including phenoxy) is 2. The summed E-state index contributed by atoms with van der Waals surface area (Å²) < 4.78 is 12.7. The number of hydrogen-bond donors (Lipinski definition) is 0. The van der Waals surface area contributed by atoms with Crippen LogP contribution in [0.3, 0.4) is 0 Å². The van der Waals surface area contributed by atoms with Crippen LogP contribution in [0, 0.1) is 6.92 Å². The van der Waals surface area contributed by atoms with Crippen LogP contribution in [0.25, 0.3) is 0 Å². The summed E-state index contributed by atoms with van der Waals surface area (Å²) in [7, 11) is 0. The van der Waals surface area contributed by atoms with Crippen LogP contribution in [-0.4, -0.2) is 23.0 Å². The smallest absolute Gasteiger partial charge is 0.266 e. The van der Waals surface area contributed by atoms with E-state index in [4.69, 9.17) is 21.1 Å². The zero-order chi connectivity index (χ0) is 15.5. The van der Waals surface area contributed by atoms with Crippen LogP contribution < -0.4 is 15.0 Å². The quantitative estimate of drug-likeness (QED) is 0.872. The number of nitrogens with zero attached hydrogens (tertiary/aromatic N) is 2. The Morgan fingerprint density at radius 1 is 1.27 bits per heavy atom. The summed E-state index contributed by atoms with van der Waals surface area (Å²) in [5.41, 5.74) is 1.70. The number of aromatic nitrogens is 2. The molecule has 0 radical (unpaired) electrons. The monoisotopic (exact) mass is 320 g/mol. The number of halogens is 1. The average molecular weight is 321 g/mol. The molecule has 1 aliphatic rings. The van der Waals surface area contributed by atoms with Crippen molar-refractivity contribution in [3.63, 3.8) is 0 Å². The molecule has 0 bridgehead atoms. The molecule has 0 unspecified atom stereocenters. The molecule has 1 aliphatic heterocycles. The zero-order valence-electron chi connectivity index (χ0n) is 12.3. The van der Waals surface area contributed by atoms with Crippen molar-refractivity contribution in [1.29, 1.82) is 0 Å². The van der Waals surface area contributed by atoms with Crippen molar-refractivity contribution in [1.82, 2.24) is 9.78 Å². The maximum absolute atomic E-state index is 11.8. The van der Waals surface area contributed by atoms with Crippen molar-refractivity contribution in [3.05, 3.63) is 50.9 Å². The minimum absolute atomic E-state index is 0.106. The Morgan fingerprint density at radius 2 is 2.09 bits per heavy atom. The van der Waals surface area contributed by atoms with Gasteiger partial charge in [0.25, 0.3) is 5.56 Å². The molecule has 0 amide bonds. The van der Waals surface area contributed by atoms with Gasteiger partial charge in [0.05, 0.1) is 23.9 Å². The molecule has 0 saturated heterocycles. The third-order valence-electron chi connectivity index (χ3n) is 3.47. The number of hydrogen-bond acceptors (Lipinski definition) is 4. The summed E-state index contributed by atoms with van der Waals surface area (Å²) in [6.07, 6.45) is 1.48. The van der Waals surface area contributed by atoms with E-state index in [0.29, 0.717) is 42.7 Å². The highest BCUT2D eigenvalue weighted by molar-refractivity contribution is 6.32. The van der Waals surface area contributed by atoms with Gasteiger partial charge in [-0.25, -0.2) is 4.68 Å². The highest BCUT2D eigenvalue weighted by atomic mass is 35.5. The molecule has 1 aromatic heterocycles. The lowest BCUT2D eigenvalue weighted by Crippen LogP contribution is -2.23. The number of benzene rings is 1. The van der Waals surface area contributed by atoms with Gasteiger partial charge in [-0.05, 0) is 37.1 Å². The Labute approximate surface area is 133 Å². The van der Waals surface area contributed by atoms with Gasteiger partial charge in [-0.3, -0.25) is 4.79 Å². The third-order valence-corrected chi connectivity index (χ3v) is 3.75. The lowest BCUT2D eigenvalue weighted by atomic mass is 10.1. The fraction of sp³-hybridized carbons (Fsp3) is 0.375. The summed E-state index contributed by atoms with van der Waals surface area (Å²) in [5, 5.41) is 4.77. The van der Waals surface area contributed by atoms with Gasteiger partial charge in [-0.15, -0.1) is 0 Å². The highest BCUT2D eigenvalue weighted by Crippen LogP contribution is 2.38. The second-order valence-corrected chi connectivity index (χ2v) is 5.65. The van der Waals surface area contributed by atoms with Crippen LogP contribution in [0.2, 0.25) is 5.02 Å². The topological polar surface area (TPSA) is 53.4 Å². The van der Waals surface area contributed by atoms with E-state index in [2.05, 4.69) is 5.10 Å². The first-order chi connectivity index (χ1) is 10.6. The molecule has 3 rings (SSSR count). The molecule has 0 N–H and O–H groups in total. The van der Waals surface area contributed by atoms with Crippen molar-refractivity contribution in [3.8, 4) is 11.5 Å². The summed E-state index contributed by atoms with van der Waals surface area (Å²) >= 11 is 6.27. The van der Waals surface area contributed by atoms with E-state index >= 15 is 0 Å². The van der Waals surface area contributed by atoms with Crippen molar-refractivity contribution in [2.24, 2.45) is 0 Å². The predicted molar refractivity (Wildman–Crippen MR) is 84.0 cm³/mol. The minimum atomic E-state index is -0.106. The van der Waals surface area contributed by atoms with E-state index < -0.39 is 0 Å². The van der Waals surface area contributed by atoms with Gasteiger partial charge in [0.1, 0.15) is 0 Å². The minimum Gasteiger partial charge on any atom is -0.489 e. The fourth-order valence-corrected chi connectivity index (χ4v) is 2.66. The van der Waals surface area contributed by atoms with Crippen molar-refractivity contribution in [2.75, 3.05) is 13.2 Å². The van der Waals surface area contributed by atoms with Gasteiger partial charge >= 0.3 is 0 Å². The van der Waals surface area contributed by atoms with E-state index in [-0.39, 0.29) is 5.56 Å². The zero-order valence-corrected chi connectivity index (χ0v) is 13.1. The van der Waals surface area contributed by atoms with Crippen molar-refractivity contribution >= 4 is 11.6 Å². The summed E-state index contributed by atoms with van der Waals surface area (Å²) in [5.74, 6) is 1.28. The molecule has 0 atom stereocenters. The SMILES string of the molecule is Cc1ccc(=O)n(CCc2cc(Cl)c3c(c2)OCCCO3)n1. The van der Waals surface area contributed by atoms with Gasteiger partial charge in [0.2, 0.25) is 0 Å². The average Bonchev–Trinajstić information content (AvgIpc) is 2.74. The Hall–Kier alpha value is -2.01. The molecule has 0 aliphatic carbocycles. The highest BCUT2D eigenvalue weighted by Gasteiger charge is 2.15. The second-order valence-electron chi connectivity index (χ2n) is 5.24. The van der Waals surface area contributed by atoms with Crippen LogP contribution in [0.1, 0.15) is 17.7 Å². The fourth-order valence-electron chi connectivity index (χ4n) is 2.37. The van der Waals surface area contributed by atoms with E-state index in [1.54, 1.807) is 6.07 Å². The van der Waals surface area contributed by atoms with E-state index in [9.17, 15) is 4.79 Å². The van der Waals surface area contributed by atoms with Crippen molar-refractivity contribution in [2.45, 2.75) is 26.3 Å². The lowest BCUT2D eigenvalue weighted by Gasteiger charge is -2.12. The summed E-state index contributed by atoms with van der Waals surface area (Å²) in [6, 6.07) is 7.02. The molecule has 0 spiro atoms. The Kier molecular flexibility index (Phi) is 4.34. The number of fused-ring (bicyclic) bond motifs is 1. The van der Waals surface area contributed by atoms with E-state index in [0.717, 1.165) is 17.7 Å². The molecule has 5 nitrogen and oxygen atoms in total. The molecule has 116 valence electrons. The molecule has 2 aromatic rings. The van der Waals surface area contributed by atoms with Gasteiger partial charge in [-0.2, -0.15) is 5.10 Å². The number of rotatable bonds is 3. The molecular formula is C16H17ClN2O3. The van der Waals surface area contributed by atoms with Crippen LogP contribution in [0.15, 0.2) is 29.1 Å². The van der Waals surface area contributed by atoms with E-state index in [1.165, 1.54) is 10.7 Å². The first-order valence-electron chi connectivity index (χ1n) is 7.26. The van der Waals surface area contributed by atoms with Gasteiger partial charge in [0, 0.05) is 19.0 Å². The van der Waals surface area contributed by atoms with Crippen LogP contribution in [-0.2, 0) is 13.0 Å². The maximum atomic E-state index is 11.8. The Balaban J connectivity index is 1.81. The Morgan fingerprint density at radius 3 is 2.95 bits per heavy atom. The summed E-state index contributed by atoms with van der Waals surface area (Å²) in [6.45, 7) is 3.58. The van der Waals surface area contributed by atoms with Crippen molar-refractivity contribution < 1.29 is 9.47 Å². The predicted octanol–water partition coefficient (Wildman–Crippen LogP) is 2.61. The molecule has 6 heteroatoms. The van der Waals surface area contributed by atoms with Gasteiger partial charge in [0.15, 0.2) is 11.5 Å². The van der Waals surface area contributed by atoms with Gasteiger partial charge < -0.3 is 9.47 Å².